The Bertz CT molecular complexity index is 449. The number of rotatable bonds is 3. The van der Waals surface area contributed by atoms with E-state index in [0.29, 0.717) is 6.10 Å². The fourth-order valence-corrected chi connectivity index (χ4v) is 3.11. The van der Waals surface area contributed by atoms with E-state index < -0.39 is 0 Å². The molecule has 0 saturated carbocycles. The van der Waals surface area contributed by atoms with Crippen molar-refractivity contribution in [3.8, 4) is 0 Å². The summed E-state index contributed by atoms with van der Waals surface area (Å²) in [5.74, 6) is 0. The van der Waals surface area contributed by atoms with Crippen LogP contribution in [0.2, 0.25) is 0 Å². The molecule has 0 unspecified atom stereocenters. The van der Waals surface area contributed by atoms with Gasteiger partial charge >= 0.3 is 0 Å². The standard InChI is InChI=1S/C15H22N3O/c1-17-7-5-14-12(9-17)3-6-16-15(14)11-18-8-4-13(10-18)19-2/h3,6,13H,1,4-5,7-11H2,2H3/q-1/t13-/m0/s1. The van der Waals surface area contributed by atoms with Crippen LogP contribution in [0.5, 0.6) is 0 Å². The number of ether oxygens (including phenoxy) is 1. The van der Waals surface area contributed by atoms with E-state index in [2.05, 4.69) is 27.9 Å². The molecule has 3 rings (SSSR count). The molecule has 1 atom stereocenters. The van der Waals surface area contributed by atoms with Crippen LogP contribution in [0.4, 0.5) is 0 Å². The van der Waals surface area contributed by atoms with Gasteiger partial charge in [0.2, 0.25) is 0 Å². The highest BCUT2D eigenvalue weighted by Gasteiger charge is 2.24. The highest BCUT2D eigenvalue weighted by molar-refractivity contribution is 5.32. The third-order valence-corrected chi connectivity index (χ3v) is 4.25. The van der Waals surface area contributed by atoms with Crippen LogP contribution in [-0.4, -0.2) is 47.6 Å². The smallest absolute Gasteiger partial charge is 0.0710 e. The van der Waals surface area contributed by atoms with E-state index >= 15 is 0 Å². The molecule has 3 heterocycles. The number of fused-ring (bicyclic) bond motifs is 1. The highest BCUT2D eigenvalue weighted by Crippen LogP contribution is 2.23. The van der Waals surface area contributed by atoms with Crippen molar-refractivity contribution in [1.82, 2.24) is 14.8 Å². The molecule has 4 nitrogen and oxygen atoms in total. The largest absolute Gasteiger partial charge is 0.455 e. The van der Waals surface area contributed by atoms with Crippen LogP contribution in [-0.2, 0) is 24.2 Å². The molecule has 1 aromatic rings. The van der Waals surface area contributed by atoms with Crippen molar-refractivity contribution >= 4 is 0 Å². The molecule has 0 amide bonds. The Morgan fingerprint density at radius 1 is 1.47 bits per heavy atom. The second-order valence-corrected chi connectivity index (χ2v) is 5.58. The van der Waals surface area contributed by atoms with Crippen LogP contribution >= 0.6 is 0 Å². The Morgan fingerprint density at radius 3 is 3.16 bits per heavy atom. The van der Waals surface area contributed by atoms with E-state index in [0.717, 1.165) is 45.6 Å². The maximum absolute atomic E-state index is 5.43. The van der Waals surface area contributed by atoms with Crippen molar-refractivity contribution in [1.29, 1.82) is 0 Å². The van der Waals surface area contributed by atoms with Gasteiger partial charge in [0, 0.05) is 32.9 Å². The first-order valence-electron chi connectivity index (χ1n) is 7.02. The molecule has 0 aliphatic carbocycles. The molecule has 0 N–H and O–H groups in total. The van der Waals surface area contributed by atoms with Crippen LogP contribution in [0.3, 0.4) is 0 Å². The van der Waals surface area contributed by atoms with Gasteiger partial charge in [-0.25, -0.2) is 0 Å². The lowest BCUT2D eigenvalue weighted by Crippen LogP contribution is -2.28. The molecule has 2 aliphatic rings. The predicted octanol–water partition coefficient (Wildman–Crippen LogP) is 1.45. The fraction of sp³-hybridized carbons (Fsp3) is 0.600. The predicted molar refractivity (Wildman–Crippen MR) is 74.4 cm³/mol. The molecule has 0 bridgehead atoms. The fourth-order valence-electron chi connectivity index (χ4n) is 3.11. The first-order chi connectivity index (χ1) is 9.26. The summed E-state index contributed by atoms with van der Waals surface area (Å²) in [4.78, 5) is 9.19. The van der Waals surface area contributed by atoms with Crippen molar-refractivity contribution in [3.63, 3.8) is 0 Å². The van der Waals surface area contributed by atoms with E-state index in [9.17, 15) is 0 Å². The zero-order chi connectivity index (χ0) is 13.2. The highest BCUT2D eigenvalue weighted by atomic mass is 16.5. The van der Waals surface area contributed by atoms with Gasteiger partial charge in [-0.1, -0.05) is 0 Å². The molecule has 1 aromatic heterocycles. The summed E-state index contributed by atoms with van der Waals surface area (Å²) in [7, 11) is 5.84. The summed E-state index contributed by atoms with van der Waals surface area (Å²) >= 11 is 0. The molecule has 1 saturated heterocycles. The topological polar surface area (TPSA) is 28.6 Å². The molecule has 0 spiro atoms. The van der Waals surface area contributed by atoms with Crippen molar-refractivity contribution in [3.05, 3.63) is 36.1 Å². The summed E-state index contributed by atoms with van der Waals surface area (Å²) in [5, 5.41) is 0. The van der Waals surface area contributed by atoms with Gasteiger partial charge in [-0.15, -0.1) is 0 Å². The van der Waals surface area contributed by atoms with Crippen LogP contribution in [0.25, 0.3) is 0 Å². The molecule has 19 heavy (non-hydrogen) atoms. The van der Waals surface area contributed by atoms with Gasteiger partial charge in [0.1, 0.15) is 0 Å². The van der Waals surface area contributed by atoms with Gasteiger partial charge in [-0.2, -0.15) is 0 Å². The van der Waals surface area contributed by atoms with Gasteiger partial charge in [-0.05, 0) is 43.1 Å². The minimum atomic E-state index is 0.398. The first kappa shape index (κ1) is 13.0. The number of hydrogen-bond acceptors (Lipinski definition) is 4. The van der Waals surface area contributed by atoms with Gasteiger partial charge in [0.15, 0.2) is 0 Å². The number of aromatic nitrogens is 1. The van der Waals surface area contributed by atoms with Gasteiger partial charge in [0.05, 0.1) is 11.8 Å². The lowest BCUT2D eigenvalue weighted by atomic mass is 9.99. The summed E-state index contributed by atoms with van der Waals surface area (Å²) in [5.41, 5.74) is 4.10. The van der Waals surface area contributed by atoms with Crippen LogP contribution in [0.15, 0.2) is 12.3 Å². The van der Waals surface area contributed by atoms with Gasteiger partial charge < -0.3 is 9.64 Å². The SMILES string of the molecule is [CH2-]N1CCc2c(ccnc2CN2CC[C@H](OC)C2)C1. The minimum absolute atomic E-state index is 0.398. The average molecular weight is 260 g/mol. The Morgan fingerprint density at radius 2 is 2.37 bits per heavy atom. The molecule has 104 valence electrons. The molecule has 2 aliphatic heterocycles. The first-order valence-corrected chi connectivity index (χ1v) is 7.02. The van der Waals surface area contributed by atoms with E-state index in [1.165, 1.54) is 16.8 Å². The summed E-state index contributed by atoms with van der Waals surface area (Å²) in [6, 6.07) is 2.14. The molecule has 4 heteroatoms. The number of hydrogen-bond donors (Lipinski definition) is 0. The van der Waals surface area contributed by atoms with E-state index in [-0.39, 0.29) is 0 Å². The van der Waals surface area contributed by atoms with Crippen LogP contribution < -0.4 is 0 Å². The average Bonchev–Trinajstić information content (AvgIpc) is 2.86. The molecular formula is C15H22N3O-. The molecule has 0 radical (unpaired) electrons. The summed E-state index contributed by atoms with van der Waals surface area (Å²) in [6.45, 7) is 5.09. The Balaban J connectivity index is 1.73. The molecule has 1 fully saturated rings. The molecule has 0 aromatic carbocycles. The third-order valence-electron chi connectivity index (χ3n) is 4.25. The number of methoxy groups -OCH3 is 1. The van der Waals surface area contributed by atoms with E-state index in [1.807, 2.05) is 6.20 Å². The van der Waals surface area contributed by atoms with E-state index in [1.54, 1.807) is 7.11 Å². The Labute approximate surface area is 115 Å². The monoisotopic (exact) mass is 260 g/mol. The Kier molecular flexibility index (Phi) is 3.82. The van der Waals surface area contributed by atoms with Crippen LogP contribution in [0, 0.1) is 7.05 Å². The number of pyridine rings is 1. The second-order valence-electron chi connectivity index (χ2n) is 5.58. The number of nitrogens with zero attached hydrogens (tertiary/aromatic N) is 3. The normalized spacial score (nSPS) is 24.6. The summed E-state index contributed by atoms with van der Waals surface area (Å²) < 4.78 is 5.43. The third kappa shape index (κ3) is 2.81. The van der Waals surface area contributed by atoms with Crippen LogP contribution in [0.1, 0.15) is 23.2 Å². The lowest BCUT2D eigenvalue weighted by molar-refractivity contribution is 0.107. The van der Waals surface area contributed by atoms with Gasteiger partial charge in [0.25, 0.3) is 0 Å². The van der Waals surface area contributed by atoms with Crippen molar-refractivity contribution in [2.45, 2.75) is 32.0 Å². The van der Waals surface area contributed by atoms with E-state index in [4.69, 9.17) is 4.74 Å². The van der Waals surface area contributed by atoms with Crippen molar-refractivity contribution in [2.24, 2.45) is 0 Å². The summed E-state index contributed by atoms with van der Waals surface area (Å²) in [6.07, 6.45) is 4.55. The zero-order valence-corrected chi connectivity index (χ0v) is 11.6. The maximum Gasteiger partial charge on any atom is 0.0710 e. The zero-order valence-electron chi connectivity index (χ0n) is 11.6. The molecular weight excluding hydrogens is 238 g/mol. The second kappa shape index (κ2) is 5.57. The minimum Gasteiger partial charge on any atom is -0.455 e. The quantitative estimate of drug-likeness (QED) is 0.769. The number of likely N-dealkylation sites (tertiary alicyclic amines) is 1. The van der Waals surface area contributed by atoms with Crippen molar-refractivity contribution in [2.75, 3.05) is 26.7 Å². The van der Waals surface area contributed by atoms with Gasteiger partial charge in [-0.3, -0.25) is 16.9 Å². The lowest BCUT2D eigenvalue weighted by Gasteiger charge is -2.32. The Hall–Kier alpha value is -0.970. The maximum atomic E-state index is 5.43. The van der Waals surface area contributed by atoms with Crippen molar-refractivity contribution < 1.29 is 4.74 Å².